The highest BCUT2D eigenvalue weighted by Gasteiger charge is 2.59. The molecule has 0 bridgehead atoms. The van der Waals surface area contributed by atoms with Gasteiger partial charge in [-0.05, 0) is 67.6 Å². The van der Waals surface area contributed by atoms with Crippen LogP contribution in [0.4, 0.5) is 0 Å². The Balaban J connectivity index is 2.10. The molecule has 0 aliphatic heterocycles. The molecule has 0 heterocycles. The summed E-state index contributed by atoms with van der Waals surface area (Å²) in [6.45, 7) is 10.2. The molecule has 1 aromatic carbocycles. The number of rotatable bonds is 2. The summed E-state index contributed by atoms with van der Waals surface area (Å²) >= 11 is 0. The third kappa shape index (κ3) is 2.25. The number of aliphatic hydroxyl groups excluding tert-OH is 1. The maximum atomic E-state index is 12.6. The summed E-state index contributed by atoms with van der Waals surface area (Å²) in [7, 11) is 1.42. The Labute approximate surface area is 144 Å². The molecule has 0 radical (unpaired) electrons. The first-order chi connectivity index (χ1) is 11.2. The number of aliphatic hydroxyl groups is 1. The highest BCUT2D eigenvalue weighted by Crippen LogP contribution is 2.57. The van der Waals surface area contributed by atoms with Gasteiger partial charge < -0.3 is 9.84 Å². The second-order valence-electron chi connectivity index (χ2n) is 7.99. The Morgan fingerprint density at radius 1 is 1.33 bits per heavy atom. The van der Waals surface area contributed by atoms with E-state index in [2.05, 4.69) is 31.7 Å². The third-order valence-corrected chi connectivity index (χ3v) is 6.66. The van der Waals surface area contributed by atoms with E-state index in [4.69, 9.17) is 4.74 Å². The molecule has 1 aromatic rings. The Hall–Kier alpha value is -1.61. The first-order valence-electron chi connectivity index (χ1n) is 8.81. The SMILES string of the molecule is C=C(C)c1ccc2c(c1)CC[C@H]1[C@](C)(C(=O)OC)[C@@H](O)CC[C@]21C. The molecule has 0 spiro atoms. The van der Waals surface area contributed by atoms with Crippen LogP contribution in [0.1, 0.15) is 56.7 Å². The van der Waals surface area contributed by atoms with Crippen molar-refractivity contribution < 1.29 is 14.6 Å². The van der Waals surface area contributed by atoms with Crippen LogP contribution >= 0.6 is 0 Å². The lowest BCUT2D eigenvalue weighted by molar-refractivity contribution is -0.175. The zero-order valence-electron chi connectivity index (χ0n) is 15.2. The van der Waals surface area contributed by atoms with Crippen molar-refractivity contribution in [2.45, 2.75) is 58.0 Å². The van der Waals surface area contributed by atoms with Gasteiger partial charge in [0.25, 0.3) is 0 Å². The maximum Gasteiger partial charge on any atom is 0.314 e. The monoisotopic (exact) mass is 328 g/mol. The molecule has 1 saturated carbocycles. The summed E-state index contributed by atoms with van der Waals surface area (Å²) < 4.78 is 5.09. The number of fused-ring (bicyclic) bond motifs is 3. The standard InChI is InChI=1S/C21H28O3/c1-13(2)14-6-8-16-15(12-14)7-9-17-20(16,3)11-10-18(22)21(17,4)19(23)24-5/h6,8,12,17-18,22H,1,7,9-11H2,2-5H3/t17-,18+,20-,21+/m1/s1. The second-order valence-corrected chi connectivity index (χ2v) is 7.99. The Bertz CT molecular complexity index is 692. The highest BCUT2D eigenvalue weighted by atomic mass is 16.5. The van der Waals surface area contributed by atoms with E-state index in [1.807, 2.05) is 13.8 Å². The van der Waals surface area contributed by atoms with E-state index < -0.39 is 11.5 Å². The molecule has 2 aliphatic rings. The van der Waals surface area contributed by atoms with Crippen LogP contribution in [0, 0.1) is 11.3 Å². The highest BCUT2D eigenvalue weighted by molar-refractivity contribution is 5.78. The van der Waals surface area contributed by atoms with Gasteiger partial charge in [0, 0.05) is 0 Å². The van der Waals surface area contributed by atoms with Gasteiger partial charge in [-0.3, -0.25) is 4.79 Å². The van der Waals surface area contributed by atoms with Crippen molar-refractivity contribution in [1.29, 1.82) is 0 Å². The smallest absolute Gasteiger partial charge is 0.314 e. The van der Waals surface area contributed by atoms with Crippen molar-refractivity contribution in [3.63, 3.8) is 0 Å². The number of methoxy groups -OCH3 is 1. The van der Waals surface area contributed by atoms with Crippen molar-refractivity contribution in [2.24, 2.45) is 11.3 Å². The summed E-state index contributed by atoms with van der Waals surface area (Å²) in [6, 6.07) is 6.59. The lowest BCUT2D eigenvalue weighted by Crippen LogP contribution is -2.58. The average molecular weight is 328 g/mol. The van der Waals surface area contributed by atoms with Crippen molar-refractivity contribution in [2.75, 3.05) is 7.11 Å². The summed E-state index contributed by atoms with van der Waals surface area (Å²) in [6.07, 6.45) is 2.70. The third-order valence-electron chi connectivity index (χ3n) is 6.66. The Kier molecular flexibility index (Phi) is 4.11. The first-order valence-corrected chi connectivity index (χ1v) is 8.81. The number of carbonyl (C=O) groups is 1. The molecule has 0 saturated heterocycles. The predicted octanol–water partition coefficient (Wildman–Crippen LogP) is 3.87. The predicted molar refractivity (Wildman–Crippen MR) is 95.7 cm³/mol. The molecule has 3 nitrogen and oxygen atoms in total. The van der Waals surface area contributed by atoms with Gasteiger partial charge in [0.05, 0.1) is 18.6 Å². The fourth-order valence-corrected chi connectivity index (χ4v) is 5.17. The molecule has 1 N–H and O–H groups in total. The van der Waals surface area contributed by atoms with Crippen LogP contribution in [0.2, 0.25) is 0 Å². The zero-order chi connectivity index (χ0) is 17.7. The van der Waals surface area contributed by atoms with Crippen LogP contribution in [-0.4, -0.2) is 24.3 Å². The van der Waals surface area contributed by atoms with Crippen LogP contribution < -0.4 is 0 Å². The Morgan fingerprint density at radius 3 is 2.67 bits per heavy atom. The molecular weight excluding hydrogens is 300 g/mol. The molecular formula is C21H28O3. The number of hydrogen-bond acceptors (Lipinski definition) is 3. The van der Waals surface area contributed by atoms with Crippen molar-refractivity contribution in [3.05, 3.63) is 41.5 Å². The normalized spacial score (nSPS) is 34.9. The number of benzene rings is 1. The van der Waals surface area contributed by atoms with Crippen LogP contribution in [0.3, 0.4) is 0 Å². The first kappa shape index (κ1) is 17.2. The number of hydrogen-bond donors (Lipinski definition) is 1. The van der Waals surface area contributed by atoms with Gasteiger partial charge in [-0.25, -0.2) is 0 Å². The number of aryl methyl sites for hydroxylation is 1. The van der Waals surface area contributed by atoms with Gasteiger partial charge in [0.1, 0.15) is 0 Å². The molecule has 130 valence electrons. The minimum absolute atomic E-state index is 0.0874. The van der Waals surface area contributed by atoms with Gasteiger partial charge in [0.2, 0.25) is 0 Å². The molecule has 4 atom stereocenters. The molecule has 0 aromatic heterocycles. The van der Waals surface area contributed by atoms with E-state index in [0.717, 1.165) is 24.8 Å². The van der Waals surface area contributed by atoms with E-state index >= 15 is 0 Å². The van der Waals surface area contributed by atoms with E-state index in [1.165, 1.54) is 23.8 Å². The molecule has 3 heteroatoms. The maximum absolute atomic E-state index is 12.6. The Morgan fingerprint density at radius 2 is 2.04 bits per heavy atom. The van der Waals surface area contributed by atoms with Crippen LogP contribution in [0.5, 0.6) is 0 Å². The van der Waals surface area contributed by atoms with Gasteiger partial charge in [-0.2, -0.15) is 0 Å². The van der Waals surface area contributed by atoms with Crippen LogP contribution in [-0.2, 0) is 21.4 Å². The quantitative estimate of drug-likeness (QED) is 0.838. The van der Waals surface area contributed by atoms with E-state index in [9.17, 15) is 9.90 Å². The van der Waals surface area contributed by atoms with Gasteiger partial charge in [0.15, 0.2) is 0 Å². The average Bonchev–Trinajstić information content (AvgIpc) is 2.57. The zero-order valence-corrected chi connectivity index (χ0v) is 15.2. The molecule has 0 unspecified atom stereocenters. The van der Waals surface area contributed by atoms with Crippen LogP contribution in [0.25, 0.3) is 5.57 Å². The second kappa shape index (κ2) is 5.73. The van der Waals surface area contributed by atoms with Gasteiger partial charge in [-0.15, -0.1) is 0 Å². The van der Waals surface area contributed by atoms with Gasteiger partial charge in [-0.1, -0.05) is 37.3 Å². The topological polar surface area (TPSA) is 46.5 Å². The van der Waals surface area contributed by atoms with Crippen molar-refractivity contribution in [1.82, 2.24) is 0 Å². The fraction of sp³-hybridized carbons (Fsp3) is 0.571. The molecule has 2 aliphatic carbocycles. The van der Waals surface area contributed by atoms with E-state index in [1.54, 1.807) is 0 Å². The minimum Gasteiger partial charge on any atom is -0.469 e. The summed E-state index contributed by atoms with van der Waals surface area (Å²) in [4.78, 5) is 12.6. The fourth-order valence-electron chi connectivity index (χ4n) is 5.17. The lowest BCUT2D eigenvalue weighted by atomic mass is 9.49. The van der Waals surface area contributed by atoms with E-state index in [0.29, 0.717) is 6.42 Å². The van der Waals surface area contributed by atoms with Crippen LogP contribution in [0.15, 0.2) is 24.8 Å². The number of allylic oxidation sites excluding steroid dienone is 1. The van der Waals surface area contributed by atoms with Gasteiger partial charge >= 0.3 is 5.97 Å². The van der Waals surface area contributed by atoms with Crippen molar-refractivity contribution in [3.8, 4) is 0 Å². The summed E-state index contributed by atoms with van der Waals surface area (Å²) in [5.41, 5.74) is 3.99. The largest absolute Gasteiger partial charge is 0.469 e. The van der Waals surface area contributed by atoms with Crippen molar-refractivity contribution >= 4 is 11.5 Å². The summed E-state index contributed by atoms with van der Waals surface area (Å²) in [5, 5.41) is 10.6. The number of esters is 1. The lowest BCUT2D eigenvalue weighted by Gasteiger charge is -2.55. The summed E-state index contributed by atoms with van der Waals surface area (Å²) in [5.74, 6) is -0.197. The molecule has 0 amide bonds. The molecule has 1 fully saturated rings. The number of ether oxygens (including phenoxy) is 1. The minimum atomic E-state index is -0.841. The molecule has 3 rings (SSSR count). The molecule has 24 heavy (non-hydrogen) atoms. The van der Waals surface area contributed by atoms with E-state index in [-0.39, 0.29) is 17.3 Å². The number of carbonyl (C=O) groups excluding carboxylic acids is 1.